The molecule has 0 radical (unpaired) electrons. The number of methoxy groups -OCH3 is 1. The standard InChI is InChI=1S/C7H15NO3.ClH/c1-5(11-3)4-8-6(2)7(9)10;/h5-6,8H,4H2,1-3H3,(H,9,10);1H/t5?,6-;/m0./s1. The molecule has 0 aliphatic rings. The molecule has 0 aliphatic carbocycles. The number of nitrogens with one attached hydrogen (secondary N) is 1. The molecule has 1 unspecified atom stereocenters. The molecule has 4 nitrogen and oxygen atoms in total. The van der Waals surface area contributed by atoms with E-state index in [4.69, 9.17) is 9.84 Å². The van der Waals surface area contributed by atoms with E-state index in [9.17, 15) is 4.79 Å². The van der Waals surface area contributed by atoms with Gasteiger partial charge in [0.1, 0.15) is 6.04 Å². The van der Waals surface area contributed by atoms with Crippen LogP contribution < -0.4 is 5.32 Å². The van der Waals surface area contributed by atoms with Crippen molar-refractivity contribution in [2.75, 3.05) is 13.7 Å². The normalized spacial score (nSPS) is 14.6. The van der Waals surface area contributed by atoms with E-state index in [1.54, 1.807) is 14.0 Å². The molecule has 0 saturated carbocycles. The number of carboxylic acids is 1. The molecule has 0 amide bonds. The maximum Gasteiger partial charge on any atom is 0.320 e. The molecule has 12 heavy (non-hydrogen) atoms. The van der Waals surface area contributed by atoms with Crippen LogP contribution in [0.5, 0.6) is 0 Å². The van der Waals surface area contributed by atoms with Crippen LogP contribution in [0.2, 0.25) is 0 Å². The van der Waals surface area contributed by atoms with Crippen molar-refractivity contribution in [1.29, 1.82) is 0 Å². The molecule has 0 aromatic carbocycles. The second-order valence-corrected chi connectivity index (χ2v) is 2.51. The lowest BCUT2D eigenvalue weighted by Gasteiger charge is -2.13. The first-order valence-corrected chi connectivity index (χ1v) is 3.57. The fourth-order valence-corrected chi connectivity index (χ4v) is 0.513. The monoisotopic (exact) mass is 197 g/mol. The second kappa shape index (κ2) is 7.34. The van der Waals surface area contributed by atoms with Crippen LogP contribution in [-0.4, -0.2) is 36.9 Å². The van der Waals surface area contributed by atoms with Gasteiger partial charge in [-0.1, -0.05) is 0 Å². The van der Waals surface area contributed by atoms with Crippen molar-refractivity contribution in [3.63, 3.8) is 0 Å². The molecular weight excluding hydrogens is 182 g/mol. The van der Waals surface area contributed by atoms with E-state index in [1.165, 1.54) is 0 Å². The number of ether oxygens (including phenoxy) is 1. The number of rotatable bonds is 5. The molecule has 0 aromatic rings. The Bertz CT molecular complexity index is 132. The Morgan fingerprint density at radius 3 is 2.42 bits per heavy atom. The molecule has 0 aromatic heterocycles. The van der Waals surface area contributed by atoms with Gasteiger partial charge in [-0.05, 0) is 13.8 Å². The summed E-state index contributed by atoms with van der Waals surface area (Å²) in [5, 5.41) is 11.3. The number of carbonyl (C=O) groups is 1. The minimum absolute atomic E-state index is 0. The van der Waals surface area contributed by atoms with Crippen LogP contribution in [0.1, 0.15) is 13.8 Å². The SMILES string of the molecule is COC(C)CN[C@@H](C)C(=O)O.Cl. The predicted octanol–water partition coefficient (Wildman–Crippen LogP) is 0.506. The third kappa shape index (κ3) is 6.39. The molecular formula is C7H16ClNO3. The first-order valence-electron chi connectivity index (χ1n) is 3.57. The third-order valence-electron chi connectivity index (χ3n) is 1.48. The van der Waals surface area contributed by atoms with Gasteiger partial charge in [-0.2, -0.15) is 0 Å². The van der Waals surface area contributed by atoms with Gasteiger partial charge in [0.15, 0.2) is 0 Å². The van der Waals surface area contributed by atoms with Gasteiger partial charge >= 0.3 is 5.97 Å². The van der Waals surface area contributed by atoms with Crippen molar-refractivity contribution in [3.8, 4) is 0 Å². The van der Waals surface area contributed by atoms with Gasteiger partial charge in [0.2, 0.25) is 0 Å². The minimum Gasteiger partial charge on any atom is -0.480 e. The molecule has 2 atom stereocenters. The van der Waals surface area contributed by atoms with Crippen LogP contribution in [0.15, 0.2) is 0 Å². The molecule has 0 aliphatic heterocycles. The van der Waals surface area contributed by atoms with Crippen molar-refractivity contribution in [1.82, 2.24) is 5.32 Å². The number of aliphatic carboxylic acids is 1. The highest BCUT2D eigenvalue weighted by molar-refractivity contribution is 5.85. The fraction of sp³-hybridized carbons (Fsp3) is 0.857. The van der Waals surface area contributed by atoms with E-state index < -0.39 is 12.0 Å². The Labute approximate surface area is 78.7 Å². The second-order valence-electron chi connectivity index (χ2n) is 2.51. The van der Waals surface area contributed by atoms with Crippen molar-refractivity contribution < 1.29 is 14.6 Å². The smallest absolute Gasteiger partial charge is 0.320 e. The summed E-state index contributed by atoms with van der Waals surface area (Å²) in [6.07, 6.45) is 0.0526. The zero-order valence-corrected chi connectivity index (χ0v) is 8.35. The van der Waals surface area contributed by atoms with Gasteiger partial charge in [0.25, 0.3) is 0 Å². The van der Waals surface area contributed by atoms with E-state index >= 15 is 0 Å². The van der Waals surface area contributed by atoms with E-state index in [0.717, 1.165) is 0 Å². The Balaban J connectivity index is 0. The van der Waals surface area contributed by atoms with Crippen LogP contribution in [0.3, 0.4) is 0 Å². The molecule has 2 N–H and O–H groups in total. The summed E-state index contributed by atoms with van der Waals surface area (Å²) in [6, 6.07) is -0.507. The van der Waals surface area contributed by atoms with Gasteiger partial charge in [0.05, 0.1) is 6.10 Å². The first-order chi connectivity index (χ1) is 5.07. The summed E-state index contributed by atoms with van der Waals surface area (Å²) in [5.41, 5.74) is 0. The van der Waals surface area contributed by atoms with Gasteiger partial charge in [0, 0.05) is 13.7 Å². The van der Waals surface area contributed by atoms with E-state index in [-0.39, 0.29) is 18.5 Å². The zero-order chi connectivity index (χ0) is 8.85. The predicted molar refractivity (Wildman–Crippen MR) is 48.8 cm³/mol. The minimum atomic E-state index is -0.840. The zero-order valence-electron chi connectivity index (χ0n) is 7.53. The summed E-state index contributed by atoms with van der Waals surface area (Å²) in [5.74, 6) is -0.840. The third-order valence-corrected chi connectivity index (χ3v) is 1.48. The molecule has 0 rings (SSSR count). The molecule has 0 spiro atoms. The molecule has 0 fully saturated rings. The van der Waals surface area contributed by atoms with Crippen LogP contribution in [0.25, 0.3) is 0 Å². The Morgan fingerprint density at radius 1 is 1.58 bits per heavy atom. The topological polar surface area (TPSA) is 58.6 Å². The Morgan fingerprint density at radius 2 is 2.08 bits per heavy atom. The van der Waals surface area contributed by atoms with Crippen LogP contribution in [-0.2, 0) is 9.53 Å². The van der Waals surface area contributed by atoms with Gasteiger partial charge in [-0.25, -0.2) is 0 Å². The average Bonchev–Trinajstić information content (AvgIpc) is 1.99. The molecule has 5 heteroatoms. The molecule has 0 bridgehead atoms. The lowest BCUT2D eigenvalue weighted by Crippen LogP contribution is -2.38. The maximum absolute atomic E-state index is 10.3. The number of carboxylic acid groups (broad SMARTS) is 1. The van der Waals surface area contributed by atoms with Gasteiger partial charge in [-0.15, -0.1) is 12.4 Å². The van der Waals surface area contributed by atoms with Crippen LogP contribution in [0.4, 0.5) is 0 Å². The van der Waals surface area contributed by atoms with Crippen LogP contribution >= 0.6 is 12.4 Å². The highest BCUT2D eigenvalue weighted by Crippen LogP contribution is 1.86. The highest BCUT2D eigenvalue weighted by Gasteiger charge is 2.10. The Kier molecular flexibility index (Phi) is 8.69. The molecule has 0 heterocycles. The maximum atomic E-state index is 10.3. The van der Waals surface area contributed by atoms with Gasteiger partial charge in [-0.3, -0.25) is 4.79 Å². The van der Waals surface area contributed by atoms with Gasteiger partial charge < -0.3 is 15.2 Å². The summed E-state index contributed by atoms with van der Waals surface area (Å²) in [7, 11) is 1.60. The summed E-state index contributed by atoms with van der Waals surface area (Å²) in [6.45, 7) is 4.04. The highest BCUT2D eigenvalue weighted by atomic mass is 35.5. The first kappa shape index (κ1) is 14.2. The van der Waals surface area contributed by atoms with E-state index in [0.29, 0.717) is 6.54 Å². The number of hydrogen-bond acceptors (Lipinski definition) is 3. The number of halogens is 1. The fourth-order valence-electron chi connectivity index (χ4n) is 0.513. The lowest BCUT2D eigenvalue weighted by molar-refractivity contribution is -0.139. The van der Waals surface area contributed by atoms with Crippen molar-refractivity contribution in [2.45, 2.75) is 26.0 Å². The van der Waals surface area contributed by atoms with E-state index in [1.807, 2.05) is 6.92 Å². The summed E-state index contributed by atoms with van der Waals surface area (Å²) >= 11 is 0. The Hall–Kier alpha value is -0.320. The van der Waals surface area contributed by atoms with Crippen molar-refractivity contribution in [2.24, 2.45) is 0 Å². The van der Waals surface area contributed by atoms with Crippen molar-refractivity contribution >= 4 is 18.4 Å². The molecule has 74 valence electrons. The van der Waals surface area contributed by atoms with E-state index in [2.05, 4.69) is 5.32 Å². The van der Waals surface area contributed by atoms with Crippen molar-refractivity contribution in [3.05, 3.63) is 0 Å². The van der Waals surface area contributed by atoms with Crippen LogP contribution in [0, 0.1) is 0 Å². The number of hydrogen-bond donors (Lipinski definition) is 2. The molecule has 0 saturated heterocycles. The summed E-state index contributed by atoms with van der Waals surface area (Å²) < 4.78 is 4.92. The average molecular weight is 198 g/mol. The quantitative estimate of drug-likeness (QED) is 0.674. The largest absolute Gasteiger partial charge is 0.480 e. The lowest BCUT2D eigenvalue weighted by atomic mass is 10.3. The summed E-state index contributed by atoms with van der Waals surface area (Å²) in [4.78, 5) is 10.3.